The molecule has 0 bridgehead atoms. The molecule has 0 spiro atoms. The molecule has 2 rings (SSSR count). The van der Waals surface area contributed by atoms with Crippen LogP contribution in [0.5, 0.6) is 0 Å². The fourth-order valence-electron chi connectivity index (χ4n) is 2.75. The molecular weight excluding hydrogens is 264 g/mol. The lowest BCUT2D eigenvalue weighted by molar-refractivity contribution is -0.122. The van der Waals surface area contributed by atoms with Gasteiger partial charge in [-0.05, 0) is 25.5 Å². The molecule has 5 heteroatoms. The van der Waals surface area contributed by atoms with Gasteiger partial charge in [0.25, 0.3) is 0 Å². The lowest BCUT2D eigenvalue weighted by atomic mass is 9.95. The molecule has 1 heterocycles. The van der Waals surface area contributed by atoms with Crippen LogP contribution in [0, 0.1) is 0 Å². The van der Waals surface area contributed by atoms with Crippen LogP contribution in [0.2, 0.25) is 0 Å². The quantitative estimate of drug-likeness (QED) is 0.829. The summed E-state index contributed by atoms with van der Waals surface area (Å²) in [5.41, 5.74) is 0. The minimum Gasteiger partial charge on any atom is -0.353 e. The highest BCUT2D eigenvalue weighted by Crippen LogP contribution is 2.26. The third-order valence-electron chi connectivity index (χ3n) is 3.75. The summed E-state index contributed by atoms with van der Waals surface area (Å²) in [5, 5.41) is 7.39. The van der Waals surface area contributed by atoms with Gasteiger partial charge in [-0.2, -0.15) is 23.5 Å². The Kier molecular flexibility index (Phi) is 6.18. The van der Waals surface area contributed by atoms with Crippen molar-refractivity contribution < 1.29 is 4.79 Å². The second-order valence-electron chi connectivity index (χ2n) is 5.22. The first kappa shape index (κ1) is 14.5. The smallest absolute Gasteiger partial charge is 0.221 e. The number of thioether (sulfide) groups is 2. The molecule has 0 aromatic carbocycles. The Balaban J connectivity index is 1.69. The zero-order chi connectivity index (χ0) is 12.8. The van der Waals surface area contributed by atoms with Crippen LogP contribution in [0.4, 0.5) is 0 Å². The van der Waals surface area contributed by atoms with Gasteiger partial charge in [-0.3, -0.25) is 4.79 Å². The third-order valence-corrected chi connectivity index (χ3v) is 5.98. The molecule has 2 aliphatic rings. The monoisotopic (exact) mass is 288 g/mol. The number of nitrogens with one attached hydrogen (secondary N) is 2. The average molecular weight is 288 g/mol. The molecule has 0 aromatic heterocycles. The van der Waals surface area contributed by atoms with Gasteiger partial charge in [-0.25, -0.2) is 0 Å². The molecular formula is C13H24N2OS2. The molecule has 3 nitrogen and oxygen atoms in total. The molecule has 3 atom stereocenters. The standard InChI is InChI=1S/C13H24N2OS2/c1-17-12-4-2-3-10(7-12)15-13(16)8-11-9-18-6-5-14-11/h10-12,14H,2-9H2,1H3,(H,15,16). The molecule has 1 saturated heterocycles. The van der Waals surface area contributed by atoms with Crippen molar-refractivity contribution in [1.82, 2.24) is 10.6 Å². The molecule has 104 valence electrons. The third kappa shape index (κ3) is 4.67. The van der Waals surface area contributed by atoms with E-state index in [1.807, 2.05) is 23.5 Å². The molecule has 2 fully saturated rings. The lowest BCUT2D eigenvalue weighted by Crippen LogP contribution is -2.44. The molecule has 1 aliphatic heterocycles. The van der Waals surface area contributed by atoms with E-state index < -0.39 is 0 Å². The van der Waals surface area contributed by atoms with Crippen molar-refractivity contribution in [1.29, 1.82) is 0 Å². The molecule has 0 radical (unpaired) electrons. The van der Waals surface area contributed by atoms with Crippen LogP contribution in [0.1, 0.15) is 32.1 Å². The summed E-state index contributed by atoms with van der Waals surface area (Å²) in [6.45, 7) is 1.04. The van der Waals surface area contributed by atoms with Gasteiger partial charge in [0.05, 0.1) is 0 Å². The van der Waals surface area contributed by atoms with Crippen molar-refractivity contribution in [2.75, 3.05) is 24.3 Å². The Bertz CT molecular complexity index is 270. The van der Waals surface area contributed by atoms with Gasteiger partial charge < -0.3 is 10.6 Å². The minimum atomic E-state index is 0.238. The van der Waals surface area contributed by atoms with Crippen molar-refractivity contribution in [3.63, 3.8) is 0 Å². The van der Waals surface area contributed by atoms with Gasteiger partial charge in [-0.1, -0.05) is 6.42 Å². The van der Waals surface area contributed by atoms with Crippen LogP contribution >= 0.6 is 23.5 Å². The van der Waals surface area contributed by atoms with Crippen LogP contribution in [0.25, 0.3) is 0 Å². The van der Waals surface area contributed by atoms with Gasteiger partial charge in [0.1, 0.15) is 0 Å². The second-order valence-corrected chi connectivity index (χ2v) is 7.51. The van der Waals surface area contributed by atoms with Gasteiger partial charge in [-0.15, -0.1) is 0 Å². The summed E-state index contributed by atoms with van der Waals surface area (Å²) < 4.78 is 0. The number of hydrogen-bond donors (Lipinski definition) is 2. The van der Waals surface area contributed by atoms with E-state index in [1.165, 1.54) is 18.6 Å². The first-order valence-electron chi connectivity index (χ1n) is 6.91. The van der Waals surface area contributed by atoms with E-state index in [4.69, 9.17) is 0 Å². The van der Waals surface area contributed by atoms with Gasteiger partial charge in [0.2, 0.25) is 5.91 Å². The molecule has 3 unspecified atom stereocenters. The Morgan fingerprint density at radius 2 is 2.39 bits per heavy atom. The summed E-state index contributed by atoms with van der Waals surface area (Å²) in [4.78, 5) is 12.0. The summed E-state index contributed by atoms with van der Waals surface area (Å²) in [7, 11) is 0. The normalized spacial score (nSPS) is 33.1. The van der Waals surface area contributed by atoms with Crippen LogP contribution < -0.4 is 10.6 Å². The Morgan fingerprint density at radius 1 is 1.50 bits per heavy atom. The first-order valence-corrected chi connectivity index (χ1v) is 9.35. The largest absolute Gasteiger partial charge is 0.353 e. The van der Waals surface area contributed by atoms with Crippen LogP contribution in [-0.2, 0) is 4.79 Å². The Hall–Kier alpha value is 0.130. The number of carbonyl (C=O) groups is 1. The first-order chi connectivity index (χ1) is 8.78. The number of rotatable bonds is 4. The van der Waals surface area contributed by atoms with Crippen LogP contribution in [0.3, 0.4) is 0 Å². The summed E-state index contributed by atoms with van der Waals surface area (Å²) in [6.07, 6.45) is 7.71. The van der Waals surface area contributed by atoms with Crippen molar-refractivity contribution in [2.45, 2.75) is 49.4 Å². The highest BCUT2D eigenvalue weighted by atomic mass is 32.2. The van der Waals surface area contributed by atoms with Gasteiger partial charge >= 0.3 is 0 Å². The van der Waals surface area contributed by atoms with Crippen molar-refractivity contribution in [3.8, 4) is 0 Å². The zero-order valence-electron chi connectivity index (χ0n) is 11.1. The summed E-state index contributed by atoms with van der Waals surface area (Å²) in [6, 6.07) is 0.795. The van der Waals surface area contributed by atoms with E-state index in [0.29, 0.717) is 18.5 Å². The maximum absolute atomic E-state index is 12.0. The predicted octanol–water partition coefficient (Wildman–Crippen LogP) is 1.87. The molecule has 2 N–H and O–H groups in total. The van der Waals surface area contributed by atoms with E-state index in [-0.39, 0.29) is 5.91 Å². The maximum Gasteiger partial charge on any atom is 0.221 e. The topological polar surface area (TPSA) is 41.1 Å². The molecule has 1 aliphatic carbocycles. The maximum atomic E-state index is 12.0. The van der Waals surface area contributed by atoms with Crippen molar-refractivity contribution in [3.05, 3.63) is 0 Å². The zero-order valence-corrected chi connectivity index (χ0v) is 12.7. The van der Waals surface area contributed by atoms with Crippen molar-refractivity contribution in [2.24, 2.45) is 0 Å². The Morgan fingerprint density at radius 3 is 3.11 bits per heavy atom. The molecule has 1 amide bonds. The van der Waals surface area contributed by atoms with E-state index in [9.17, 15) is 4.79 Å². The Labute approximate surface area is 119 Å². The van der Waals surface area contributed by atoms with Gasteiger partial charge in [0, 0.05) is 41.8 Å². The number of carbonyl (C=O) groups excluding carboxylic acids is 1. The molecule has 1 saturated carbocycles. The van der Waals surface area contributed by atoms with Crippen molar-refractivity contribution >= 4 is 29.4 Å². The van der Waals surface area contributed by atoms with E-state index in [2.05, 4.69) is 16.9 Å². The minimum absolute atomic E-state index is 0.238. The highest BCUT2D eigenvalue weighted by Gasteiger charge is 2.24. The molecule has 18 heavy (non-hydrogen) atoms. The molecule has 0 aromatic rings. The fourth-order valence-corrected chi connectivity index (χ4v) is 4.53. The summed E-state index contributed by atoms with van der Waals surface area (Å²) in [5.74, 6) is 2.49. The van der Waals surface area contributed by atoms with E-state index in [0.717, 1.165) is 30.4 Å². The average Bonchev–Trinajstić information content (AvgIpc) is 2.40. The summed E-state index contributed by atoms with van der Waals surface area (Å²) >= 11 is 3.89. The second kappa shape index (κ2) is 7.65. The number of hydrogen-bond acceptors (Lipinski definition) is 4. The number of amides is 1. The van der Waals surface area contributed by atoms with Crippen LogP contribution in [0.15, 0.2) is 0 Å². The predicted molar refractivity (Wildman–Crippen MR) is 81.4 cm³/mol. The van der Waals surface area contributed by atoms with E-state index >= 15 is 0 Å². The SMILES string of the molecule is CSC1CCCC(NC(=O)CC2CSCCN2)C1. The van der Waals surface area contributed by atoms with Crippen LogP contribution in [-0.4, -0.2) is 47.5 Å². The lowest BCUT2D eigenvalue weighted by Gasteiger charge is -2.29. The van der Waals surface area contributed by atoms with Gasteiger partial charge in [0.15, 0.2) is 0 Å². The fraction of sp³-hybridized carbons (Fsp3) is 0.923. The highest BCUT2D eigenvalue weighted by molar-refractivity contribution is 7.99. The van der Waals surface area contributed by atoms with E-state index in [1.54, 1.807) is 0 Å².